The average Bonchev–Trinajstić information content (AvgIpc) is 3.17. The number of hydrogen-bond acceptors (Lipinski definition) is 5. The maximum Gasteiger partial charge on any atom is 0.168 e. The van der Waals surface area contributed by atoms with Crippen LogP contribution in [0.3, 0.4) is 0 Å². The number of aromatic nitrogens is 4. The summed E-state index contributed by atoms with van der Waals surface area (Å²) in [4.78, 5) is 8.76. The van der Waals surface area contributed by atoms with Crippen molar-refractivity contribution in [2.75, 3.05) is 12.4 Å². The zero-order valence-corrected chi connectivity index (χ0v) is 14.8. The normalized spacial score (nSPS) is 10.5. The minimum absolute atomic E-state index is 0.633. The van der Waals surface area contributed by atoms with Gasteiger partial charge in [0.25, 0.3) is 0 Å². The van der Waals surface area contributed by atoms with Gasteiger partial charge in [-0.3, -0.25) is 0 Å². The molecule has 6 heteroatoms. The Bertz CT molecular complexity index is 1130. The summed E-state index contributed by atoms with van der Waals surface area (Å²) in [6, 6.07) is 15.5. The summed E-state index contributed by atoms with van der Waals surface area (Å²) in [5.41, 5.74) is 3.50. The van der Waals surface area contributed by atoms with Gasteiger partial charge < -0.3 is 10.1 Å². The Kier molecular flexibility index (Phi) is 4.42. The fraction of sp³-hybridized carbons (Fsp3) is 0.0952. The van der Waals surface area contributed by atoms with Crippen LogP contribution in [0.25, 0.3) is 16.7 Å². The highest BCUT2D eigenvalue weighted by Crippen LogP contribution is 2.22. The highest BCUT2D eigenvalue weighted by Gasteiger charge is 2.11. The van der Waals surface area contributed by atoms with E-state index in [9.17, 15) is 0 Å². The van der Waals surface area contributed by atoms with Crippen LogP contribution < -0.4 is 10.1 Å². The van der Waals surface area contributed by atoms with E-state index in [1.54, 1.807) is 18.0 Å². The van der Waals surface area contributed by atoms with E-state index in [2.05, 4.69) is 26.3 Å². The SMILES string of the molecule is C#Cc1cccc(-n2ncc3c(NCc4ccc(OC)cc4)ncnc32)c1. The molecule has 0 aliphatic rings. The molecule has 4 rings (SSSR count). The second-order valence-electron chi connectivity index (χ2n) is 5.91. The largest absolute Gasteiger partial charge is 0.497 e. The molecule has 0 aliphatic carbocycles. The van der Waals surface area contributed by atoms with Gasteiger partial charge in [-0.25, -0.2) is 14.6 Å². The number of nitrogens with zero attached hydrogens (tertiary/aromatic N) is 4. The minimum Gasteiger partial charge on any atom is -0.497 e. The van der Waals surface area contributed by atoms with E-state index in [1.165, 1.54) is 6.33 Å². The van der Waals surface area contributed by atoms with Crippen LogP contribution in [-0.4, -0.2) is 26.9 Å². The van der Waals surface area contributed by atoms with Gasteiger partial charge in [0, 0.05) is 12.1 Å². The van der Waals surface area contributed by atoms with E-state index >= 15 is 0 Å². The van der Waals surface area contributed by atoms with Crippen molar-refractivity contribution < 1.29 is 4.74 Å². The second kappa shape index (κ2) is 7.18. The fourth-order valence-corrected chi connectivity index (χ4v) is 2.83. The lowest BCUT2D eigenvalue weighted by atomic mass is 10.2. The number of ether oxygens (including phenoxy) is 1. The first-order chi connectivity index (χ1) is 13.3. The minimum atomic E-state index is 0.633. The molecule has 2 aromatic heterocycles. The zero-order chi connectivity index (χ0) is 18.6. The van der Waals surface area contributed by atoms with Crippen LogP contribution in [0.1, 0.15) is 11.1 Å². The maximum atomic E-state index is 5.50. The molecule has 0 fully saturated rings. The molecular weight excluding hydrogens is 338 g/mol. The number of anilines is 1. The summed E-state index contributed by atoms with van der Waals surface area (Å²) in [5, 5.41) is 8.66. The molecule has 0 radical (unpaired) electrons. The molecule has 0 atom stereocenters. The molecule has 0 bridgehead atoms. The zero-order valence-electron chi connectivity index (χ0n) is 14.8. The number of methoxy groups -OCH3 is 1. The predicted molar refractivity (Wildman–Crippen MR) is 105 cm³/mol. The number of benzene rings is 2. The maximum absolute atomic E-state index is 5.50. The van der Waals surface area contributed by atoms with Crippen molar-refractivity contribution in [2.45, 2.75) is 6.54 Å². The number of fused-ring (bicyclic) bond motifs is 1. The smallest absolute Gasteiger partial charge is 0.168 e. The van der Waals surface area contributed by atoms with Gasteiger partial charge in [0.15, 0.2) is 5.65 Å². The monoisotopic (exact) mass is 355 g/mol. The van der Waals surface area contributed by atoms with Crippen LogP contribution in [0.15, 0.2) is 61.1 Å². The van der Waals surface area contributed by atoms with Gasteiger partial charge in [0.1, 0.15) is 17.9 Å². The lowest BCUT2D eigenvalue weighted by Crippen LogP contribution is -2.03. The molecule has 0 spiro atoms. The Morgan fingerprint density at radius 3 is 2.78 bits per heavy atom. The van der Waals surface area contributed by atoms with Crippen LogP contribution in [0.2, 0.25) is 0 Å². The number of nitrogens with one attached hydrogen (secondary N) is 1. The number of hydrogen-bond donors (Lipinski definition) is 1. The molecule has 0 amide bonds. The van der Waals surface area contributed by atoms with Crippen molar-refractivity contribution in [1.29, 1.82) is 0 Å². The first-order valence-electron chi connectivity index (χ1n) is 8.41. The first kappa shape index (κ1) is 16.6. The Balaban J connectivity index is 1.63. The Labute approximate surface area is 156 Å². The van der Waals surface area contributed by atoms with Crippen molar-refractivity contribution in [3.05, 3.63) is 72.2 Å². The van der Waals surface area contributed by atoms with Gasteiger partial charge in [-0.1, -0.05) is 24.1 Å². The van der Waals surface area contributed by atoms with Crippen molar-refractivity contribution in [1.82, 2.24) is 19.7 Å². The van der Waals surface area contributed by atoms with Crippen LogP contribution in [0, 0.1) is 12.3 Å². The van der Waals surface area contributed by atoms with Crippen LogP contribution in [0.5, 0.6) is 5.75 Å². The van der Waals surface area contributed by atoms with E-state index in [0.717, 1.165) is 39.4 Å². The van der Waals surface area contributed by atoms with Gasteiger partial charge in [0.2, 0.25) is 0 Å². The Morgan fingerprint density at radius 1 is 1.15 bits per heavy atom. The Morgan fingerprint density at radius 2 is 2.00 bits per heavy atom. The molecule has 0 unspecified atom stereocenters. The first-order valence-corrected chi connectivity index (χ1v) is 8.41. The quantitative estimate of drug-likeness (QED) is 0.556. The van der Waals surface area contributed by atoms with E-state index in [-0.39, 0.29) is 0 Å². The lowest BCUT2D eigenvalue weighted by molar-refractivity contribution is 0.414. The van der Waals surface area contributed by atoms with E-state index in [1.807, 2.05) is 48.5 Å². The summed E-state index contributed by atoms with van der Waals surface area (Å²) >= 11 is 0. The van der Waals surface area contributed by atoms with E-state index < -0.39 is 0 Å². The van der Waals surface area contributed by atoms with Gasteiger partial charge in [-0.05, 0) is 35.9 Å². The van der Waals surface area contributed by atoms with Crippen LogP contribution in [-0.2, 0) is 6.54 Å². The summed E-state index contributed by atoms with van der Waals surface area (Å²) in [7, 11) is 1.65. The average molecular weight is 355 g/mol. The molecule has 1 N–H and O–H groups in total. The highest BCUT2D eigenvalue weighted by molar-refractivity contribution is 5.87. The van der Waals surface area contributed by atoms with Crippen LogP contribution in [0.4, 0.5) is 5.82 Å². The molecule has 2 aromatic carbocycles. The van der Waals surface area contributed by atoms with Crippen molar-refractivity contribution >= 4 is 16.9 Å². The summed E-state index contributed by atoms with van der Waals surface area (Å²) in [5.74, 6) is 4.20. The third-order valence-corrected chi connectivity index (χ3v) is 4.24. The molecule has 0 saturated carbocycles. The highest BCUT2D eigenvalue weighted by atomic mass is 16.5. The molecule has 27 heavy (non-hydrogen) atoms. The summed E-state index contributed by atoms with van der Waals surface area (Å²) in [6.45, 7) is 0.633. The van der Waals surface area contributed by atoms with Crippen LogP contribution >= 0.6 is 0 Å². The standard InChI is InChI=1S/C21H17N5O/c1-3-15-5-4-6-17(11-15)26-21-19(13-25-26)20(23-14-24-21)22-12-16-7-9-18(27-2)10-8-16/h1,4-11,13-14H,12H2,2H3,(H,22,23,24). The van der Waals surface area contributed by atoms with Crippen molar-refractivity contribution in [3.8, 4) is 23.8 Å². The third kappa shape index (κ3) is 3.31. The predicted octanol–water partition coefficient (Wildman–Crippen LogP) is 3.42. The molecule has 2 heterocycles. The van der Waals surface area contributed by atoms with Gasteiger partial charge in [0.05, 0.1) is 24.4 Å². The molecule has 4 aromatic rings. The van der Waals surface area contributed by atoms with Crippen molar-refractivity contribution in [3.63, 3.8) is 0 Å². The third-order valence-electron chi connectivity index (χ3n) is 4.24. The number of terminal acetylenes is 1. The molecule has 132 valence electrons. The molecule has 0 aliphatic heterocycles. The van der Waals surface area contributed by atoms with Crippen molar-refractivity contribution in [2.24, 2.45) is 0 Å². The van der Waals surface area contributed by atoms with Gasteiger partial charge in [-0.2, -0.15) is 5.10 Å². The number of rotatable bonds is 5. The molecule has 0 saturated heterocycles. The summed E-state index contributed by atoms with van der Waals surface area (Å²) in [6.07, 6.45) is 8.79. The lowest BCUT2D eigenvalue weighted by Gasteiger charge is -2.08. The molecular formula is C21H17N5O. The van der Waals surface area contributed by atoms with Gasteiger partial charge in [-0.15, -0.1) is 6.42 Å². The fourth-order valence-electron chi connectivity index (χ4n) is 2.83. The second-order valence-corrected chi connectivity index (χ2v) is 5.91. The topological polar surface area (TPSA) is 64.9 Å². The molecule has 6 nitrogen and oxygen atoms in total. The Hall–Kier alpha value is -3.85. The summed E-state index contributed by atoms with van der Waals surface area (Å²) < 4.78 is 6.95. The van der Waals surface area contributed by atoms with Gasteiger partial charge >= 0.3 is 0 Å². The van der Waals surface area contributed by atoms with E-state index in [0.29, 0.717) is 6.54 Å². The van der Waals surface area contributed by atoms with E-state index in [4.69, 9.17) is 11.2 Å².